The van der Waals surface area contributed by atoms with Gasteiger partial charge < -0.3 is 5.11 Å². The van der Waals surface area contributed by atoms with Gasteiger partial charge in [0.05, 0.1) is 6.10 Å². The van der Waals surface area contributed by atoms with Gasteiger partial charge in [-0.25, -0.2) is 16.8 Å². The normalized spacial score (nSPS) is 16.4. The monoisotopic (exact) mass is 352 g/mol. The van der Waals surface area contributed by atoms with E-state index >= 15 is 0 Å². The topological polar surface area (TPSA) is 88.5 Å². The molecule has 0 aromatic rings. The zero-order valence-electron chi connectivity index (χ0n) is 9.73. The summed E-state index contributed by atoms with van der Waals surface area (Å²) in [4.78, 5) is 0. The van der Waals surface area contributed by atoms with Crippen LogP contribution in [0.4, 0.5) is 26.3 Å². The Labute approximate surface area is 110 Å². The van der Waals surface area contributed by atoms with Crippen LogP contribution in [0, 0.1) is 0 Å². The van der Waals surface area contributed by atoms with Crippen LogP contribution in [0.1, 0.15) is 19.8 Å². The lowest BCUT2D eigenvalue weighted by Gasteiger charge is -2.22. The molecule has 0 aliphatic carbocycles. The molecule has 0 heterocycles. The van der Waals surface area contributed by atoms with Crippen LogP contribution in [0.3, 0.4) is 0 Å². The molecular weight excluding hydrogens is 342 g/mol. The maximum absolute atomic E-state index is 12.3. The number of rotatable bonds is 5. The van der Waals surface area contributed by atoms with E-state index in [1.807, 2.05) is 0 Å². The summed E-state index contributed by atoms with van der Waals surface area (Å²) in [6.45, 7) is 1.13. The van der Waals surface area contributed by atoms with Crippen molar-refractivity contribution in [2.75, 3.05) is 0 Å². The van der Waals surface area contributed by atoms with Crippen LogP contribution in [0.2, 0.25) is 0 Å². The van der Waals surface area contributed by atoms with Crippen molar-refractivity contribution < 1.29 is 48.3 Å². The molecule has 0 amide bonds. The molecule has 0 fully saturated rings. The zero-order valence-corrected chi connectivity index (χ0v) is 11.4. The summed E-state index contributed by atoms with van der Waals surface area (Å²) in [6.07, 6.45) is -4.09. The van der Waals surface area contributed by atoms with Gasteiger partial charge >= 0.3 is 11.0 Å². The second kappa shape index (κ2) is 5.67. The Bertz CT molecular complexity index is 487. The Morgan fingerprint density at radius 3 is 1.40 bits per heavy atom. The predicted molar refractivity (Wildman–Crippen MR) is 54.7 cm³/mol. The van der Waals surface area contributed by atoms with Crippen molar-refractivity contribution in [3.8, 4) is 0 Å². The number of hydrogen-bond donors (Lipinski definition) is 1. The number of hydrogen-bond acceptors (Lipinski definition) is 5. The van der Waals surface area contributed by atoms with Gasteiger partial charge in [0.2, 0.25) is 0 Å². The second-order valence-electron chi connectivity index (χ2n) is 3.71. The molecule has 13 heteroatoms. The lowest BCUT2D eigenvalue weighted by molar-refractivity contribution is -0.0476. The maximum Gasteiger partial charge on any atom is 0.498 e. The third-order valence-electron chi connectivity index (χ3n) is 2.27. The van der Waals surface area contributed by atoms with Crippen molar-refractivity contribution in [1.29, 1.82) is 0 Å². The summed E-state index contributed by atoms with van der Waals surface area (Å²) in [6, 6.07) is 0. The molecule has 0 saturated heterocycles. The minimum absolute atomic E-state index is 0.419. The average Bonchev–Trinajstić information content (AvgIpc) is 2.21. The van der Waals surface area contributed by atoms with E-state index in [4.69, 9.17) is 5.11 Å². The molecule has 0 aliphatic heterocycles. The maximum atomic E-state index is 12.3. The van der Waals surface area contributed by atoms with Crippen molar-refractivity contribution in [2.45, 2.75) is 41.5 Å². The third-order valence-corrected chi connectivity index (χ3v) is 6.85. The van der Waals surface area contributed by atoms with Crippen molar-refractivity contribution >= 4 is 19.7 Å². The Morgan fingerprint density at radius 1 is 0.900 bits per heavy atom. The van der Waals surface area contributed by atoms with Gasteiger partial charge in [0, 0.05) is 6.42 Å². The minimum Gasteiger partial charge on any atom is -0.393 e. The molecule has 1 atom stereocenters. The smallest absolute Gasteiger partial charge is 0.393 e. The highest BCUT2D eigenvalue weighted by Crippen LogP contribution is 2.38. The third kappa shape index (κ3) is 3.75. The lowest BCUT2D eigenvalue weighted by atomic mass is 10.2. The fraction of sp³-hybridized carbons (Fsp3) is 1.00. The molecule has 1 unspecified atom stereocenters. The van der Waals surface area contributed by atoms with Crippen LogP contribution >= 0.6 is 0 Å². The van der Waals surface area contributed by atoms with Crippen molar-refractivity contribution in [1.82, 2.24) is 0 Å². The van der Waals surface area contributed by atoms with E-state index in [9.17, 15) is 43.2 Å². The summed E-state index contributed by atoms with van der Waals surface area (Å²) in [5.74, 6) is 0. The Kier molecular flexibility index (Phi) is 5.52. The summed E-state index contributed by atoms with van der Waals surface area (Å²) in [5.41, 5.74) is -12.4. The number of alkyl halides is 6. The highest BCUT2D eigenvalue weighted by atomic mass is 32.3. The van der Waals surface area contributed by atoms with Crippen LogP contribution in [0.25, 0.3) is 0 Å². The summed E-state index contributed by atoms with van der Waals surface area (Å²) >= 11 is 0. The van der Waals surface area contributed by atoms with Crippen LogP contribution < -0.4 is 0 Å². The molecule has 0 spiro atoms. The molecular formula is C7H10F6O5S2. The van der Waals surface area contributed by atoms with Gasteiger partial charge in [-0.2, -0.15) is 26.3 Å². The first-order chi connectivity index (χ1) is 8.59. The molecule has 20 heavy (non-hydrogen) atoms. The van der Waals surface area contributed by atoms with Gasteiger partial charge in [-0.1, -0.05) is 6.92 Å². The minimum atomic E-state index is -6.65. The van der Waals surface area contributed by atoms with Crippen LogP contribution in [0.5, 0.6) is 0 Å². The molecule has 0 aromatic carbocycles. The molecule has 0 radical (unpaired) electrons. The number of sulfone groups is 2. The summed E-state index contributed by atoms with van der Waals surface area (Å²) < 4.78 is 114. The fourth-order valence-electron chi connectivity index (χ4n) is 1.11. The summed E-state index contributed by atoms with van der Waals surface area (Å²) in [7, 11) is -13.3. The fourth-order valence-corrected chi connectivity index (χ4v) is 4.64. The molecule has 0 aliphatic rings. The first-order valence-corrected chi connectivity index (χ1v) is 7.96. The Balaban J connectivity index is 6.05. The van der Waals surface area contributed by atoms with Crippen molar-refractivity contribution in [3.05, 3.63) is 0 Å². The molecule has 0 rings (SSSR count). The lowest BCUT2D eigenvalue weighted by Crippen LogP contribution is -2.46. The van der Waals surface area contributed by atoms with Gasteiger partial charge in [0.1, 0.15) is 0 Å². The van der Waals surface area contributed by atoms with Crippen LogP contribution in [-0.2, 0) is 19.7 Å². The van der Waals surface area contributed by atoms with E-state index in [-0.39, 0.29) is 0 Å². The van der Waals surface area contributed by atoms with Gasteiger partial charge in [0.25, 0.3) is 19.7 Å². The highest BCUT2D eigenvalue weighted by molar-refractivity contribution is 8.09. The molecule has 0 bridgehead atoms. The molecule has 0 saturated carbocycles. The van der Waals surface area contributed by atoms with E-state index in [1.54, 1.807) is 0 Å². The Morgan fingerprint density at radius 2 is 1.20 bits per heavy atom. The number of aliphatic hydroxyl groups excluding tert-OH is 1. The van der Waals surface area contributed by atoms with Gasteiger partial charge in [0.15, 0.2) is 4.58 Å². The highest BCUT2D eigenvalue weighted by Gasteiger charge is 2.62. The SMILES string of the molecule is CCC(O)CC(S(=O)(=O)C(F)(F)F)S(=O)(=O)C(F)(F)F. The molecule has 1 N–H and O–H groups in total. The van der Waals surface area contributed by atoms with Gasteiger partial charge in [-0.3, -0.25) is 0 Å². The van der Waals surface area contributed by atoms with Gasteiger partial charge in [-0.05, 0) is 6.42 Å². The molecule has 5 nitrogen and oxygen atoms in total. The van der Waals surface area contributed by atoms with Gasteiger partial charge in [-0.15, -0.1) is 0 Å². The second-order valence-corrected chi connectivity index (χ2v) is 8.25. The van der Waals surface area contributed by atoms with E-state index in [2.05, 4.69) is 0 Å². The predicted octanol–water partition coefficient (Wildman–Crippen LogP) is 1.34. The number of aliphatic hydroxyl groups is 1. The molecule has 122 valence electrons. The average molecular weight is 352 g/mol. The summed E-state index contributed by atoms with van der Waals surface area (Å²) in [5, 5.41) is 9.02. The van der Waals surface area contributed by atoms with E-state index in [0.29, 0.717) is 0 Å². The first-order valence-electron chi connectivity index (χ1n) is 4.87. The quantitative estimate of drug-likeness (QED) is 0.755. The Hall–Kier alpha value is -0.560. The zero-order chi connectivity index (χ0) is 16.6. The van der Waals surface area contributed by atoms with Crippen molar-refractivity contribution in [2.24, 2.45) is 0 Å². The number of halogens is 6. The first kappa shape index (κ1) is 19.4. The van der Waals surface area contributed by atoms with E-state index < -0.39 is 54.2 Å². The van der Waals surface area contributed by atoms with Crippen molar-refractivity contribution in [3.63, 3.8) is 0 Å². The molecule has 0 aromatic heterocycles. The standard InChI is InChI=1S/C7H10F6O5S2/c1-2-4(14)3-5(19(15,16)6(8,9)10)20(17,18)7(11,12)13/h4-5,14H,2-3H2,1H3. The van der Waals surface area contributed by atoms with E-state index in [1.165, 1.54) is 0 Å². The van der Waals surface area contributed by atoms with Crippen LogP contribution in [-0.4, -0.2) is 43.6 Å². The van der Waals surface area contributed by atoms with Crippen LogP contribution in [0.15, 0.2) is 0 Å². The largest absolute Gasteiger partial charge is 0.498 e. The van der Waals surface area contributed by atoms with E-state index in [0.717, 1.165) is 6.92 Å².